The van der Waals surface area contributed by atoms with E-state index in [4.69, 9.17) is 13.9 Å². The Balaban J connectivity index is 1.52. The average Bonchev–Trinajstić information content (AvgIpc) is 3.19. The van der Waals surface area contributed by atoms with Crippen LogP contribution in [0.5, 0.6) is 11.5 Å². The molecule has 1 aliphatic heterocycles. The first-order valence-corrected chi connectivity index (χ1v) is 8.86. The first-order valence-electron chi connectivity index (χ1n) is 8.86. The molecule has 2 heterocycles. The summed E-state index contributed by atoms with van der Waals surface area (Å²) in [5.41, 5.74) is 1.39. The molecule has 3 rings (SSSR count). The minimum absolute atomic E-state index is 0.214. The second kappa shape index (κ2) is 8.71. The van der Waals surface area contributed by atoms with Crippen LogP contribution in [0.25, 0.3) is 0 Å². The number of nitrogens with one attached hydrogen (secondary N) is 2. The predicted octanol–water partition coefficient (Wildman–Crippen LogP) is 2.13. The summed E-state index contributed by atoms with van der Waals surface area (Å²) in [6.07, 6.45) is 4.11. The number of hydrogen-bond donors (Lipinski definition) is 2. The van der Waals surface area contributed by atoms with E-state index in [1.54, 1.807) is 14.2 Å². The van der Waals surface area contributed by atoms with Crippen LogP contribution in [0.2, 0.25) is 0 Å². The number of nitrogens with zero attached hydrogens (tertiary/aromatic N) is 1. The van der Waals surface area contributed by atoms with Gasteiger partial charge in [0.1, 0.15) is 6.26 Å². The Labute approximate surface area is 153 Å². The lowest BCUT2D eigenvalue weighted by molar-refractivity contribution is 0.0949. The molecule has 1 aromatic carbocycles. The SMILES string of the molecule is COc1ccc(CCNC(=O)c2coc(C3CCNCC3)n2)cc1OC. The Kier molecular flexibility index (Phi) is 6.12. The molecule has 2 aromatic rings. The number of carbonyl (C=O) groups excluding carboxylic acids is 1. The molecular formula is C19H25N3O4. The fraction of sp³-hybridized carbons (Fsp3) is 0.474. The van der Waals surface area contributed by atoms with E-state index in [-0.39, 0.29) is 5.91 Å². The molecule has 26 heavy (non-hydrogen) atoms. The van der Waals surface area contributed by atoms with Crippen LogP contribution in [0.3, 0.4) is 0 Å². The molecule has 1 amide bonds. The van der Waals surface area contributed by atoms with Crippen molar-refractivity contribution in [3.05, 3.63) is 41.6 Å². The monoisotopic (exact) mass is 359 g/mol. The number of rotatable bonds is 7. The van der Waals surface area contributed by atoms with Crippen molar-refractivity contribution in [1.29, 1.82) is 0 Å². The number of aromatic nitrogens is 1. The topological polar surface area (TPSA) is 85.6 Å². The van der Waals surface area contributed by atoms with Crippen molar-refractivity contribution >= 4 is 5.91 Å². The number of hydrogen-bond acceptors (Lipinski definition) is 6. The van der Waals surface area contributed by atoms with Gasteiger partial charge in [-0.1, -0.05) is 6.07 Å². The van der Waals surface area contributed by atoms with Gasteiger partial charge in [-0.05, 0) is 50.0 Å². The molecule has 0 atom stereocenters. The molecule has 7 heteroatoms. The second-order valence-electron chi connectivity index (χ2n) is 6.29. The molecule has 1 saturated heterocycles. The number of ether oxygens (including phenoxy) is 2. The van der Waals surface area contributed by atoms with Gasteiger partial charge in [-0.15, -0.1) is 0 Å². The van der Waals surface area contributed by atoms with E-state index in [2.05, 4.69) is 15.6 Å². The minimum atomic E-state index is -0.214. The third-order valence-corrected chi connectivity index (χ3v) is 4.59. The van der Waals surface area contributed by atoms with E-state index in [1.165, 1.54) is 6.26 Å². The highest BCUT2D eigenvalue weighted by Crippen LogP contribution is 2.27. The van der Waals surface area contributed by atoms with Gasteiger partial charge >= 0.3 is 0 Å². The lowest BCUT2D eigenvalue weighted by Gasteiger charge is -2.19. The quantitative estimate of drug-likeness (QED) is 0.788. The lowest BCUT2D eigenvalue weighted by Crippen LogP contribution is -2.27. The normalized spacial score (nSPS) is 14.8. The van der Waals surface area contributed by atoms with Gasteiger partial charge in [-0.3, -0.25) is 4.79 Å². The molecule has 140 valence electrons. The van der Waals surface area contributed by atoms with Crippen molar-refractivity contribution in [2.24, 2.45) is 0 Å². The molecular weight excluding hydrogens is 334 g/mol. The Morgan fingerprint density at radius 3 is 2.77 bits per heavy atom. The van der Waals surface area contributed by atoms with E-state index in [9.17, 15) is 4.79 Å². The van der Waals surface area contributed by atoms with Crippen LogP contribution in [0, 0.1) is 0 Å². The van der Waals surface area contributed by atoms with E-state index in [0.717, 1.165) is 31.5 Å². The van der Waals surface area contributed by atoms with Crippen molar-refractivity contribution in [2.75, 3.05) is 33.9 Å². The highest BCUT2D eigenvalue weighted by molar-refractivity contribution is 5.91. The van der Waals surface area contributed by atoms with E-state index < -0.39 is 0 Å². The van der Waals surface area contributed by atoms with E-state index in [1.807, 2.05) is 18.2 Å². The zero-order valence-corrected chi connectivity index (χ0v) is 15.2. The highest BCUT2D eigenvalue weighted by Gasteiger charge is 2.21. The molecule has 1 fully saturated rings. The van der Waals surface area contributed by atoms with Crippen LogP contribution in [-0.2, 0) is 6.42 Å². The zero-order valence-electron chi connectivity index (χ0n) is 15.2. The lowest BCUT2D eigenvalue weighted by atomic mass is 9.98. The molecule has 7 nitrogen and oxygen atoms in total. The molecule has 1 aliphatic rings. The summed E-state index contributed by atoms with van der Waals surface area (Å²) in [5.74, 6) is 2.11. The van der Waals surface area contributed by atoms with Crippen molar-refractivity contribution in [1.82, 2.24) is 15.6 Å². The Bertz CT molecular complexity index is 738. The Hall–Kier alpha value is -2.54. The molecule has 0 saturated carbocycles. The Morgan fingerprint density at radius 1 is 1.27 bits per heavy atom. The first-order chi connectivity index (χ1) is 12.7. The van der Waals surface area contributed by atoms with E-state index in [0.29, 0.717) is 42.0 Å². The summed E-state index contributed by atoms with van der Waals surface area (Å²) in [4.78, 5) is 16.6. The number of amides is 1. The standard InChI is InChI=1S/C19H25N3O4/c1-24-16-4-3-13(11-17(16)25-2)5-10-21-18(23)15-12-26-19(22-15)14-6-8-20-9-7-14/h3-4,11-12,14,20H,5-10H2,1-2H3,(H,21,23). The second-order valence-corrected chi connectivity index (χ2v) is 6.29. The van der Waals surface area contributed by atoms with Crippen LogP contribution in [0.4, 0.5) is 0 Å². The summed E-state index contributed by atoms with van der Waals surface area (Å²) >= 11 is 0. The summed E-state index contributed by atoms with van der Waals surface area (Å²) < 4.78 is 16.0. The maximum Gasteiger partial charge on any atom is 0.273 e. The molecule has 2 N–H and O–H groups in total. The summed E-state index contributed by atoms with van der Waals surface area (Å²) in [6.45, 7) is 2.42. The molecule has 0 spiro atoms. The number of oxazole rings is 1. The average molecular weight is 359 g/mol. The van der Waals surface area contributed by atoms with Gasteiger partial charge in [-0.2, -0.15) is 0 Å². The van der Waals surface area contributed by atoms with Gasteiger partial charge in [0.25, 0.3) is 5.91 Å². The molecule has 1 aromatic heterocycles. The summed E-state index contributed by atoms with van der Waals surface area (Å²) in [7, 11) is 3.21. The number of methoxy groups -OCH3 is 2. The van der Waals surface area contributed by atoms with Crippen LogP contribution in [0.15, 0.2) is 28.9 Å². The smallest absolute Gasteiger partial charge is 0.273 e. The minimum Gasteiger partial charge on any atom is -0.493 e. The predicted molar refractivity (Wildman–Crippen MR) is 96.9 cm³/mol. The van der Waals surface area contributed by atoms with Crippen molar-refractivity contribution in [3.8, 4) is 11.5 Å². The van der Waals surface area contributed by atoms with Gasteiger partial charge in [-0.25, -0.2) is 4.98 Å². The van der Waals surface area contributed by atoms with Crippen molar-refractivity contribution < 1.29 is 18.7 Å². The van der Waals surface area contributed by atoms with E-state index >= 15 is 0 Å². The van der Waals surface area contributed by atoms with Crippen LogP contribution in [-0.4, -0.2) is 44.7 Å². The number of carbonyl (C=O) groups is 1. The first kappa shape index (κ1) is 18.3. The molecule has 0 unspecified atom stereocenters. The number of piperidine rings is 1. The van der Waals surface area contributed by atoms with Crippen LogP contribution >= 0.6 is 0 Å². The fourth-order valence-corrected chi connectivity index (χ4v) is 3.10. The maximum absolute atomic E-state index is 12.3. The third-order valence-electron chi connectivity index (χ3n) is 4.59. The van der Waals surface area contributed by atoms with Crippen LogP contribution < -0.4 is 20.1 Å². The van der Waals surface area contributed by atoms with Gasteiger partial charge in [0.2, 0.25) is 0 Å². The number of benzene rings is 1. The summed E-state index contributed by atoms with van der Waals surface area (Å²) in [5, 5.41) is 6.19. The molecule has 0 aliphatic carbocycles. The van der Waals surface area contributed by atoms with Gasteiger partial charge in [0.05, 0.1) is 14.2 Å². The third kappa shape index (κ3) is 4.35. The van der Waals surface area contributed by atoms with Crippen molar-refractivity contribution in [3.63, 3.8) is 0 Å². The molecule has 0 radical (unpaired) electrons. The highest BCUT2D eigenvalue weighted by atomic mass is 16.5. The maximum atomic E-state index is 12.3. The summed E-state index contributed by atoms with van der Waals surface area (Å²) in [6, 6.07) is 5.73. The van der Waals surface area contributed by atoms with Gasteiger partial charge in [0, 0.05) is 12.5 Å². The largest absolute Gasteiger partial charge is 0.493 e. The van der Waals surface area contributed by atoms with Gasteiger partial charge in [0.15, 0.2) is 23.1 Å². The van der Waals surface area contributed by atoms with Gasteiger partial charge < -0.3 is 24.5 Å². The molecule has 0 bridgehead atoms. The van der Waals surface area contributed by atoms with Crippen LogP contribution in [0.1, 0.15) is 40.7 Å². The zero-order chi connectivity index (χ0) is 18.4. The fourth-order valence-electron chi connectivity index (χ4n) is 3.10. The van der Waals surface area contributed by atoms with Crippen molar-refractivity contribution in [2.45, 2.75) is 25.2 Å². The Morgan fingerprint density at radius 2 is 2.04 bits per heavy atom.